The van der Waals surface area contributed by atoms with Gasteiger partial charge < -0.3 is 15.0 Å². The van der Waals surface area contributed by atoms with Crippen molar-refractivity contribution in [3.05, 3.63) is 29.8 Å². The third-order valence-electron chi connectivity index (χ3n) is 4.23. The second kappa shape index (κ2) is 8.66. The average Bonchev–Trinajstić information content (AvgIpc) is 2.55. The van der Waals surface area contributed by atoms with Gasteiger partial charge in [0.2, 0.25) is 0 Å². The van der Waals surface area contributed by atoms with Crippen LogP contribution in [0.5, 0.6) is 5.75 Å². The monoisotopic (exact) mass is 303 g/mol. The number of likely N-dealkylation sites (tertiary alicyclic amines) is 1. The first kappa shape index (κ1) is 16.7. The van der Waals surface area contributed by atoms with Gasteiger partial charge in [-0.15, -0.1) is 0 Å². The maximum atomic E-state index is 5.26. The SMILES string of the molecule is CN=C(NCCCc1cccc(OC)c1)N1CCCC(C)C1. The number of guanidine groups is 1. The van der Waals surface area contributed by atoms with E-state index in [1.54, 1.807) is 7.11 Å². The number of hydrogen-bond acceptors (Lipinski definition) is 2. The molecule has 122 valence electrons. The number of ether oxygens (including phenoxy) is 1. The van der Waals surface area contributed by atoms with E-state index in [9.17, 15) is 0 Å². The minimum absolute atomic E-state index is 0.768. The molecule has 1 aromatic carbocycles. The highest BCUT2D eigenvalue weighted by Gasteiger charge is 2.18. The normalized spacial score (nSPS) is 19.1. The third kappa shape index (κ3) is 4.93. The lowest BCUT2D eigenvalue weighted by Gasteiger charge is -2.33. The van der Waals surface area contributed by atoms with Crippen molar-refractivity contribution >= 4 is 5.96 Å². The molecule has 1 aliphatic heterocycles. The molecule has 0 aromatic heterocycles. The summed E-state index contributed by atoms with van der Waals surface area (Å²) in [4.78, 5) is 6.82. The molecule has 1 heterocycles. The number of methoxy groups -OCH3 is 1. The number of benzene rings is 1. The molecular formula is C18H29N3O. The minimum atomic E-state index is 0.768. The van der Waals surface area contributed by atoms with Crippen LogP contribution in [0, 0.1) is 5.92 Å². The standard InChI is InChI=1S/C18H29N3O/c1-15-7-6-12-21(14-15)18(19-2)20-11-5-9-16-8-4-10-17(13-16)22-3/h4,8,10,13,15H,5-7,9,11-12,14H2,1-3H3,(H,19,20). The maximum Gasteiger partial charge on any atom is 0.193 e. The molecule has 1 unspecified atom stereocenters. The van der Waals surface area contributed by atoms with Crippen molar-refractivity contribution in [2.75, 3.05) is 33.8 Å². The van der Waals surface area contributed by atoms with Gasteiger partial charge in [-0.1, -0.05) is 19.1 Å². The van der Waals surface area contributed by atoms with Crippen molar-refractivity contribution in [3.63, 3.8) is 0 Å². The molecule has 0 spiro atoms. The molecule has 2 rings (SSSR count). The maximum absolute atomic E-state index is 5.26. The highest BCUT2D eigenvalue weighted by Crippen LogP contribution is 2.16. The van der Waals surface area contributed by atoms with Crippen molar-refractivity contribution in [3.8, 4) is 5.75 Å². The molecule has 1 fully saturated rings. The lowest BCUT2D eigenvalue weighted by molar-refractivity contribution is 0.266. The van der Waals surface area contributed by atoms with Crippen LogP contribution in [-0.4, -0.2) is 44.7 Å². The van der Waals surface area contributed by atoms with E-state index in [1.165, 1.54) is 18.4 Å². The Balaban J connectivity index is 1.74. The summed E-state index contributed by atoms with van der Waals surface area (Å²) in [7, 11) is 3.59. The number of rotatable bonds is 5. The van der Waals surface area contributed by atoms with Gasteiger partial charge in [-0.25, -0.2) is 0 Å². The number of piperidine rings is 1. The van der Waals surface area contributed by atoms with Gasteiger partial charge in [-0.05, 0) is 49.3 Å². The van der Waals surface area contributed by atoms with E-state index in [0.29, 0.717) is 0 Å². The van der Waals surface area contributed by atoms with Gasteiger partial charge in [0.1, 0.15) is 5.75 Å². The summed E-state index contributed by atoms with van der Waals surface area (Å²) in [6.07, 6.45) is 4.75. The van der Waals surface area contributed by atoms with E-state index >= 15 is 0 Å². The van der Waals surface area contributed by atoms with Gasteiger partial charge in [0, 0.05) is 26.7 Å². The van der Waals surface area contributed by atoms with E-state index in [2.05, 4.69) is 40.3 Å². The Labute approximate surface area is 134 Å². The Morgan fingerprint density at radius 2 is 2.32 bits per heavy atom. The summed E-state index contributed by atoms with van der Waals surface area (Å²) in [5.41, 5.74) is 1.32. The quantitative estimate of drug-likeness (QED) is 0.516. The van der Waals surface area contributed by atoms with Crippen molar-refractivity contribution in [2.45, 2.75) is 32.6 Å². The molecule has 0 amide bonds. The van der Waals surface area contributed by atoms with Crippen LogP contribution in [0.1, 0.15) is 31.7 Å². The zero-order valence-electron chi connectivity index (χ0n) is 14.1. The van der Waals surface area contributed by atoms with Crippen LogP contribution < -0.4 is 10.1 Å². The predicted octanol–water partition coefficient (Wildman–Crippen LogP) is 2.94. The summed E-state index contributed by atoms with van der Waals surface area (Å²) >= 11 is 0. The Kier molecular flexibility index (Phi) is 6.56. The van der Waals surface area contributed by atoms with E-state index in [4.69, 9.17) is 4.74 Å². The largest absolute Gasteiger partial charge is 0.497 e. The van der Waals surface area contributed by atoms with Crippen molar-refractivity contribution in [1.29, 1.82) is 0 Å². The van der Waals surface area contributed by atoms with Crippen molar-refractivity contribution in [1.82, 2.24) is 10.2 Å². The molecule has 0 aliphatic carbocycles. The van der Waals surface area contributed by atoms with Gasteiger partial charge in [0.25, 0.3) is 0 Å². The molecule has 1 N–H and O–H groups in total. The number of nitrogens with one attached hydrogen (secondary N) is 1. The summed E-state index contributed by atoms with van der Waals surface area (Å²) in [6.45, 7) is 5.52. The van der Waals surface area contributed by atoms with Crippen LogP contribution in [-0.2, 0) is 6.42 Å². The molecule has 1 atom stereocenters. The van der Waals surface area contributed by atoms with Gasteiger partial charge in [-0.3, -0.25) is 4.99 Å². The first-order valence-corrected chi connectivity index (χ1v) is 8.31. The summed E-state index contributed by atoms with van der Waals surface area (Å²) in [5, 5.41) is 3.50. The van der Waals surface area contributed by atoms with E-state index in [0.717, 1.165) is 50.1 Å². The topological polar surface area (TPSA) is 36.9 Å². The Bertz CT molecular complexity index is 487. The molecule has 4 heteroatoms. The lowest BCUT2D eigenvalue weighted by atomic mass is 10.0. The molecule has 1 aromatic rings. The van der Waals surface area contributed by atoms with Gasteiger partial charge in [0.15, 0.2) is 5.96 Å². The van der Waals surface area contributed by atoms with E-state index < -0.39 is 0 Å². The second-order valence-corrected chi connectivity index (χ2v) is 6.12. The molecule has 1 saturated heterocycles. The Hall–Kier alpha value is -1.71. The molecule has 0 saturated carbocycles. The van der Waals surface area contributed by atoms with E-state index in [-0.39, 0.29) is 0 Å². The summed E-state index contributed by atoms with van der Waals surface area (Å²) < 4.78 is 5.26. The Morgan fingerprint density at radius 3 is 3.05 bits per heavy atom. The van der Waals surface area contributed by atoms with Crippen LogP contribution in [0.4, 0.5) is 0 Å². The fourth-order valence-electron chi connectivity index (χ4n) is 3.03. The first-order valence-electron chi connectivity index (χ1n) is 8.31. The number of nitrogens with zero attached hydrogens (tertiary/aromatic N) is 2. The van der Waals surface area contributed by atoms with Crippen LogP contribution >= 0.6 is 0 Å². The number of aliphatic imine (C=N–C) groups is 1. The van der Waals surface area contributed by atoms with Crippen LogP contribution in [0.25, 0.3) is 0 Å². The van der Waals surface area contributed by atoms with Gasteiger partial charge >= 0.3 is 0 Å². The zero-order valence-corrected chi connectivity index (χ0v) is 14.1. The summed E-state index contributed by atoms with van der Waals surface area (Å²) in [5.74, 6) is 2.75. The lowest BCUT2D eigenvalue weighted by Crippen LogP contribution is -2.46. The van der Waals surface area contributed by atoms with Gasteiger partial charge in [-0.2, -0.15) is 0 Å². The van der Waals surface area contributed by atoms with Crippen LogP contribution in [0.3, 0.4) is 0 Å². The molecule has 0 radical (unpaired) electrons. The summed E-state index contributed by atoms with van der Waals surface area (Å²) in [6, 6.07) is 8.31. The average molecular weight is 303 g/mol. The fourth-order valence-corrected chi connectivity index (χ4v) is 3.03. The number of hydrogen-bond donors (Lipinski definition) is 1. The van der Waals surface area contributed by atoms with E-state index in [1.807, 2.05) is 13.1 Å². The molecule has 4 nitrogen and oxygen atoms in total. The van der Waals surface area contributed by atoms with Crippen molar-refractivity contribution < 1.29 is 4.74 Å². The zero-order chi connectivity index (χ0) is 15.8. The van der Waals surface area contributed by atoms with Crippen molar-refractivity contribution in [2.24, 2.45) is 10.9 Å². The molecule has 1 aliphatic rings. The Morgan fingerprint density at radius 1 is 1.45 bits per heavy atom. The minimum Gasteiger partial charge on any atom is -0.497 e. The fraction of sp³-hybridized carbons (Fsp3) is 0.611. The number of aryl methyl sites for hydroxylation is 1. The predicted molar refractivity (Wildman–Crippen MR) is 92.6 cm³/mol. The second-order valence-electron chi connectivity index (χ2n) is 6.12. The van der Waals surface area contributed by atoms with Gasteiger partial charge in [0.05, 0.1) is 7.11 Å². The molecular weight excluding hydrogens is 274 g/mol. The highest BCUT2D eigenvalue weighted by molar-refractivity contribution is 5.79. The highest BCUT2D eigenvalue weighted by atomic mass is 16.5. The van der Waals surface area contributed by atoms with Crippen LogP contribution in [0.15, 0.2) is 29.3 Å². The third-order valence-corrected chi connectivity index (χ3v) is 4.23. The molecule has 0 bridgehead atoms. The first-order chi connectivity index (χ1) is 10.7. The molecule has 22 heavy (non-hydrogen) atoms. The smallest absolute Gasteiger partial charge is 0.193 e. The van der Waals surface area contributed by atoms with Crippen LogP contribution in [0.2, 0.25) is 0 Å².